The monoisotopic (exact) mass is 113 g/mol. The average Bonchev–Trinajstić information content (AvgIpc) is 1.67. The van der Waals surface area contributed by atoms with Crippen LogP contribution in [0.25, 0.3) is 0 Å². The standard InChI is InChI=1S/C7H15N/c1-5-6-7(2,3)8-4/h5-6,8H,1-4H3. The number of hydrogen-bond donors (Lipinski definition) is 1. The Hall–Kier alpha value is -0.300. The van der Waals surface area contributed by atoms with Crippen LogP contribution in [0.15, 0.2) is 12.2 Å². The molecular formula is C7H15N. The van der Waals surface area contributed by atoms with Gasteiger partial charge in [-0.05, 0) is 27.8 Å². The molecule has 0 spiro atoms. The Morgan fingerprint density at radius 1 is 1.38 bits per heavy atom. The number of allylic oxidation sites excluding steroid dienone is 1. The maximum atomic E-state index is 3.16. The van der Waals surface area contributed by atoms with Crippen molar-refractivity contribution in [3.8, 4) is 0 Å². The Balaban J connectivity index is 3.71. The molecule has 0 aliphatic heterocycles. The van der Waals surface area contributed by atoms with E-state index in [1.807, 2.05) is 14.0 Å². The minimum atomic E-state index is 0.161. The molecule has 8 heavy (non-hydrogen) atoms. The van der Waals surface area contributed by atoms with Crippen molar-refractivity contribution in [3.63, 3.8) is 0 Å². The van der Waals surface area contributed by atoms with Gasteiger partial charge >= 0.3 is 0 Å². The van der Waals surface area contributed by atoms with Crippen LogP contribution in [0, 0.1) is 0 Å². The van der Waals surface area contributed by atoms with E-state index in [1.165, 1.54) is 0 Å². The fraction of sp³-hybridized carbons (Fsp3) is 0.714. The van der Waals surface area contributed by atoms with Crippen molar-refractivity contribution < 1.29 is 0 Å². The highest BCUT2D eigenvalue weighted by molar-refractivity contribution is 4.98. The summed E-state index contributed by atoms with van der Waals surface area (Å²) in [4.78, 5) is 0. The van der Waals surface area contributed by atoms with E-state index >= 15 is 0 Å². The third-order valence-electron chi connectivity index (χ3n) is 1.23. The smallest absolute Gasteiger partial charge is 0.0304 e. The predicted molar refractivity (Wildman–Crippen MR) is 38.0 cm³/mol. The Morgan fingerprint density at radius 3 is 2.00 bits per heavy atom. The lowest BCUT2D eigenvalue weighted by Gasteiger charge is -2.18. The van der Waals surface area contributed by atoms with Gasteiger partial charge in [0.25, 0.3) is 0 Å². The van der Waals surface area contributed by atoms with Crippen molar-refractivity contribution >= 4 is 0 Å². The van der Waals surface area contributed by atoms with Crippen molar-refractivity contribution in [2.45, 2.75) is 26.3 Å². The van der Waals surface area contributed by atoms with Crippen LogP contribution in [0.2, 0.25) is 0 Å². The molecule has 1 heteroatoms. The van der Waals surface area contributed by atoms with E-state index in [0.29, 0.717) is 0 Å². The summed E-state index contributed by atoms with van der Waals surface area (Å²) in [5, 5.41) is 3.16. The van der Waals surface area contributed by atoms with E-state index < -0.39 is 0 Å². The first-order valence-corrected chi connectivity index (χ1v) is 2.95. The molecule has 0 aliphatic rings. The van der Waals surface area contributed by atoms with Crippen LogP contribution in [0.5, 0.6) is 0 Å². The zero-order valence-electron chi connectivity index (χ0n) is 6.15. The molecular weight excluding hydrogens is 98.1 g/mol. The lowest BCUT2D eigenvalue weighted by atomic mass is 10.1. The van der Waals surface area contributed by atoms with Gasteiger partial charge in [0.2, 0.25) is 0 Å². The minimum absolute atomic E-state index is 0.161. The quantitative estimate of drug-likeness (QED) is 0.536. The third kappa shape index (κ3) is 2.80. The molecule has 0 fully saturated rings. The van der Waals surface area contributed by atoms with Crippen molar-refractivity contribution in [3.05, 3.63) is 12.2 Å². The molecule has 0 aromatic carbocycles. The van der Waals surface area contributed by atoms with Gasteiger partial charge in [-0.3, -0.25) is 0 Å². The topological polar surface area (TPSA) is 12.0 Å². The van der Waals surface area contributed by atoms with Crippen LogP contribution in [0.3, 0.4) is 0 Å². The van der Waals surface area contributed by atoms with Gasteiger partial charge in [0.1, 0.15) is 0 Å². The molecule has 1 N–H and O–H groups in total. The van der Waals surface area contributed by atoms with Crippen molar-refractivity contribution in [2.24, 2.45) is 0 Å². The molecule has 0 saturated carbocycles. The second-order valence-electron chi connectivity index (χ2n) is 2.47. The molecule has 0 saturated heterocycles. The van der Waals surface area contributed by atoms with Gasteiger partial charge in [0.15, 0.2) is 0 Å². The highest BCUT2D eigenvalue weighted by Gasteiger charge is 2.06. The fourth-order valence-corrected chi connectivity index (χ4v) is 0.500. The Labute approximate surface area is 51.8 Å². The summed E-state index contributed by atoms with van der Waals surface area (Å²) in [5.41, 5.74) is 0.161. The zero-order valence-corrected chi connectivity index (χ0v) is 6.15. The van der Waals surface area contributed by atoms with Gasteiger partial charge in [0.05, 0.1) is 0 Å². The molecule has 0 unspecified atom stereocenters. The molecule has 1 nitrogen and oxygen atoms in total. The lowest BCUT2D eigenvalue weighted by Crippen LogP contribution is -2.33. The SMILES string of the molecule is CC=CC(C)(C)NC. The first kappa shape index (κ1) is 7.70. The Bertz CT molecular complexity index is 82.4. The molecule has 0 bridgehead atoms. The first-order valence-electron chi connectivity index (χ1n) is 2.95. The van der Waals surface area contributed by atoms with E-state index in [4.69, 9.17) is 0 Å². The second-order valence-corrected chi connectivity index (χ2v) is 2.47. The van der Waals surface area contributed by atoms with E-state index in [1.54, 1.807) is 0 Å². The van der Waals surface area contributed by atoms with Gasteiger partial charge in [-0.2, -0.15) is 0 Å². The lowest BCUT2D eigenvalue weighted by molar-refractivity contribution is 0.527. The minimum Gasteiger partial charge on any atom is -0.311 e. The molecule has 0 amide bonds. The maximum absolute atomic E-state index is 3.16. The molecule has 0 heterocycles. The number of likely N-dealkylation sites (N-methyl/N-ethyl adjacent to an activating group) is 1. The van der Waals surface area contributed by atoms with E-state index in [9.17, 15) is 0 Å². The molecule has 0 radical (unpaired) electrons. The average molecular weight is 113 g/mol. The number of hydrogen-bond acceptors (Lipinski definition) is 1. The normalized spacial score (nSPS) is 13.0. The van der Waals surface area contributed by atoms with Crippen LogP contribution in [0.1, 0.15) is 20.8 Å². The fourth-order valence-electron chi connectivity index (χ4n) is 0.500. The van der Waals surface area contributed by atoms with Crippen LogP contribution < -0.4 is 5.32 Å². The Morgan fingerprint density at radius 2 is 1.88 bits per heavy atom. The van der Waals surface area contributed by atoms with Crippen molar-refractivity contribution in [1.29, 1.82) is 0 Å². The van der Waals surface area contributed by atoms with Crippen molar-refractivity contribution in [1.82, 2.24) is 5.32 Å². The first-order chi connectivity index (χ1) is 3.62. The summed E-state index contributed by atoms with van der Waals surface area (Å²) in [5.74, 6) is 0. The van der Waals surface area contributed by atoms with E-state index in [2.05, 4.69) is 31.3 Å². The van der Waals surface area contributed by atoms with E-state index in [0.717, 1.165) is 0 Å². The summed E-state index contributed by atoms with van der Waals surface area (Å²) in [6.45, 7) is 6.29. The summed E-state index contributed by atoms with van der Waals surface area (Å²) >= 11 is 0. The molecule has 0 aromatic heterocycles. The number of rotatable bonds is 2. The van der Waals surface area contributed by atoms with Crippen LogP contribution in [-0.4, -0.2) is 12.6 Å². The highest BCUT2D eigenvalue weighted by atomic mass is 14.9. The summed E-state index contributed by atoms with van der Waals surface area (Å²) in [6, 6.07) is 0. The van der Waals surface area contributed by atoms with Gasteiger partial charge < -0.3 is 5.32 Å². The summed E-state index contributed by atoms with van der Waals surface area (Å²) in [6.07, 6.45) is 4.18. The summed E-state index contributed by atoms with van der Waals surface area (Å²) in [7, 11) is 1.96. The Kier molecular flexibility index (Phi) is 2.77. The molecule has 0 aliphatic carbocycles. The summed E-state index contributed by atoms with van der Waals surface area (Å²) < 4.78 is 0. The van der Waals surface area contributed by atoms with E-state index in [-0.39, 0.29) is 5.54 Å². The van der Waals surface area contributed by atoms with Crippen LogP contribution in [0.4, 0.5) is 0 Å². The molecule has 0 rings (SSSR count). The maximum Gasteiger partial charge on any atom is 0.0304 e. The van der Waals surface area contributed by atoms with Gasteiger partial charge in [-0.25, -0.2) is 0 Å². The highest BCUT2D eigenvalue weighted by Crippen LogP contribution is 2.00. The largest absolute Gasteiger partial charge is 0.311 e. The third-order valence-corrected chi connectivity index (χ3v) is 1.23. The zero-order chi connectivity index (χ0) is 6.62. The van der Waals surface area contributed by atoms with Crippen molar-refractivity contribution in [2.75, 3.05) is 7.05 Å². The molecule has 48 valence electrons. The van der Waals surface area contributed by atoms with Gasteiger partial charge in [-0.1, -0.05) is 12.2 Å². The predicted octanol–water partition coefficient (Wildman–Crippen LogP) is 1.56. The van der Waals surface area contributed by atoms with Gasteiger partial charge in [0, 0.05) is 5.54 Å². The van der Waals surface area contributed by atoms with Crippen LogP contribution in [-0.2, 0) is 0 Å². The molecule has 0 aromatic rings. The molecule has 0 atom stereocenters. The number of nitrogens with one attached hydrogen (secondary N) is 1. The second kappa shape index (κ2) is 2.88. The van der Waals surface area contributed by atoms with Crippen LogP contribution >= 0.6 is 0 Å². The van der Waals surface area contributed by atoms with Gasteiger partial charge in [-0.15, -0.1) is 0 Å².